The van der Waals surface area contributed by atoms with Gasteiger partial charge in [-0.2, -0.15) is 5.10 Å². The molecule has 0 aliphatic carbocycles. The fourth-order valence-corrected chi connectivity index (χ4v) is 1.82. The second-order valence-electron chi connectivity index (χ2n) is 4.02. The number of nitrogens with one attached hydrogen (secondary N) is 1. The number of hydrazine groups is 1. The number of nitrogens with two attached hydrogens (primary N) is 1. The second kappa shape index (κ2) is 5.07. The maximum Gasteiger partial charge on any atom is 0.0755 e. The Kier molecular flexibility index (Phi) is 3.51. The molecule has 0 saturated heterocycles. The first-order chi connectivity index (χ1) is 8.24. The van der Waals surface area contributed by atoms with E-state index in [1.165, 1.54) is 0 Å². The van der Waals surface area contributed by atoms with Crippen LogP contribution in [-0.2, 0) is 6.54 Å². The van der Waals surface area contributed by atoms with E-state index >= 15 is 0 Å². The van der Waals surface area contributed by atoms with E-state index in [1.54, 1.807) is 0 Å². The van der Waals surface area contributed by atoms with Crippen molar-refractivity contribution in [1.29, 1.82) is 0 Å². The minimum absolute atomic E-state index is 0.0669. The number of aromatic nitrogens is 3. The zero-order valence-corrected chi connectivity index (χ0v) is 10.1. The van der Waals surface area contributed by atoms with Crippen molar-refractivity contribution >= 4 is 0 Å². The summed E-state index contributed by atoms with van der Waals surface area (Å²) in [5.74, 6) is 5.62. The van der Waals surface area contributed by atoms with Gasteiger partial charge in [-0.3, -0.25) is 15.5 Å². The van der Waals surface area contributed by atoms with E-state index in [9.17, 15) is 0 Å². The standard InChI is InChI=1S/C12H17N5/c1-3-17-8-11(7-15-17)12(16-13)10-4-9(2)5-14-6-10/h4-8,12,16H,3,13H2,1-2H3. The molecule has 0 aliphatic heterocycles. The Labute approximate surface area is 101 Å². The topological polar surface area (TPSA) is 68.8 Å². The van der Waals surface area contributed by atoms with Gasteiger partial charge in [0, 0.05) is 30.7 Å². The molecular weight excluding hydrogens is 214 g/mol. The van der Waals surface area contributed by atoms with Crippen LogP contribution in [0.1, 0.15) is 29.7 Å². The van der Waals surface area contributed by atoms with Crippen LogP contribution in [-0.4, -0.2) is 14.8 Å². The van der Waals surface area contributed by atoms with Gasteiger partial charge in [-0.25, -0.2) is 5.43 Å². The maximum absolute atomic E-state index is 5.62. The molecule has 0 bridgehead atoms. The normalized spacial score (nSPS) is 12.6. The first-order valence-corrected chi connectivity index (χ1v) is 5.64. The van der Waals surface area contributed by atoms with Gasteiger partial charge in [-0.15, -0.1) is 0 Å². The zero-order chi connectivity index (χ0) is 12.3. The number of nitrogens with zero attached hydrogens (tertiary/aromatic N) is 3. The number of aryl methyl sites for hydroxylation is 2. The van der Waals surface area contributed by atoms with Gasteiger partial charge in [0.15, 0.2) is 0 Å². The lowest BCUT2D eigenvalue weighted by molar-refractivity contribution is 0.628. The maximum atomic E-state index is 5.62. The van der Waals surface area contributed by atoms with Gasteiger partial charge in [0.25, 0.3) is 0 Å². The van der Waals surface area contributed by atoms with Crippen molar-refractivity contribution in [2.75, 3.05) is 0 Å². The summed E-state index contributed by atoms with van der Waals surface area (Å²) < 4.78 is 1.88. The number of rotatable bonds is 4. The van der Waals surface area contributed by atoms with Gasteiger partial charge in [-0.1, -0.05) is 6.07 Å². The molecule has 3 N–H and O–H groups in total. The summed E-state index contributed by atoms with van der Waals surface area (Å²) in [5.41, 5.74) is 6.01. The zero-order valence-electron chi connectivity index (χ0n) is 10.1. The molecule has 1 atom stereocenters. The minimum atomic E-state index is -0.0669. The number of hydrogen-bond acceptors (Lipinski definition) is 4. The molecule has 0 spiro atoms. The molecule has 0 aliphatic rings. The van der Waals surface area contributed by atoms with Crippen molar-refractivity contribution in [2.45, 2.75) is 26.4 Å². The van der Waals surface area contributed by atoms with E-state index in [1.807, 2.05) is 36.4 Å². The number of pyridine rings is 1. The molecule has 1 unspecified atom stereocenters. The van der Waals surface area contributed by atoms with Crippen molar-refractivity contribution < 1.29 is 0 Å². The predicted molar refractivity (Wildman–Crippen MR) is 66.0 cm³/mol. The molecule has 0 amide bonds. The highest BCUT2D eigenvalue weighted by Gasteiger charge is 2.14. The van der Waals surface area contributed by atoms with Gasteiger partial charge in [0.1, 0.15) is 0 Å². The molecule has 5 nitrogen and oxygen atoms in total. The van der Waals surface area contributed by atoms with Gasteiger partial charge in [-0.05, 0) is 25.0 Å². The van der Waals surface area contributed by atoms with Crippen LogP contribution in [0.25, 0.3) is 0 Å². The highest BCUT2D eigenvalue weighted by Crippen LogP contribution is 2.20. The fourth-order valence-electron chi connectivity index (χ4n) is 1.82. The highest BCUT2D eigenvalue weighted by molar-refractivity contribution is 5.28. The first kappa shape index (κ1) is 11.8. The average molecular weight is 231 g/mol. The summed E-state index contributed by atoms with van der Waals surface area (Å²) >= 11 is 0. The SMILES string of the molecule is CCn1cc(C(NN)c2cncc(C)c2)cn1. The van der Waals surface area contributed by atoms with Crippen molar-refractivity contribution in [3.8, 4) is 0 Å². The molecule has 2 aromatic heterocycles. The summed E-state index contributed by atoms with van der Waals surface area (Å²) in [6.45, 7) is 4.92. The van der Waals surface area contributed by atoms with Gasteiger partial charge in [0.2, 0.25) is 0 Å². The van der Waals surface area contributed by atoms with Crippen molar-refractivity contribution in [3.05, 3.63) is 47.5 Å². The summed E-state index contributed by atoms with van der Waals surface area (Å²) in [6.07, 6.45) is 7.47. The Morgan fingerprint density at radius 1 is 1.35 bits per heavy atom. The van der Waals surface area contributed by atoms with E-state index in [0.29, 0.717) is 0 Å². The van der Waals surface area contributed by atoms with E-state index in [0.717, 1.165) is 23.2 Å². The molecule has 2 heterocycles. The molecule has 0 fully saturated rings. The van der Waals surface area contributed by atoms with E-state index < -0.39 is 0 Å². The molecule has 90 valence electrons. The Morgan fingerprint density at radius 3 is 2.76 bits per heavy atom. The fraction of sp³-hybridized carbons (Fsp3) is 0.333. The van der Waals surface area contributed by atoms with Crippen LogP contribution in [0.4, 0.5) is 0 Å². The Hall–Kier alpha value is -1.72. The Bertz CT molecular complexity index is 491. The monoisotopic (exact) mass is 231 g/mol. The van der Waals surface area contributed by atoms with Crippen LogP contribution in [0.15, 0.2) is 30.9 Å². The average Bonchev–Trinajstić information content (AvgIpc) is 2.79. The molecule has 0 aromatic carbocycles. The smallest absolute Gasteiger partial charge is 0.0755 e. The molecule has 17 heavy (non-hydrogen) atoms. The lowest BCUT2D eigenvalue weighted by atomic mass is 10.0. The number of hydrogen-bond donors (Lipinski definition) is 2. The third kappa shape index (κ3) is 2.51. The predicted octanol–water partition coefficient (Wildman–Crippen LogP) is 1.16. The largest absolute Gasteiger partial charge is 0.273 e. The highest BCUT2D eigenvalue weighted by atomic mass is 15.3. The van der Waals surface area contributed by atoms with Crippen LogP contribution in [0, 0.1) is 6.92 Å². The van der Waals surface area contributed by atoms with Crippen LogP contribution >= 0.6 is 0 Å². The minimum Gasteiger partial charge on any atom is -0.273 e. The van der Waals surface area contributed by atoms with E-state index in [-0.39, 0.29) is 6.04 Å². The van der Waals surface area contributed by atoms with Crippen molar-refractivity contribution in [3.63, 3.8) is 0 Å². The summed E-state index contributed by atoms with van der Waals surface area (Å²) in [5, 5.41) is 4.25. The summed E-state index contributed by atoms with van der Waals surface area (Å²) in [7, 11) is 0. The molecule has 2 rings (SSSR count). The summed E-state index contributed by atoms with van der Waals surface area (Å²) in [6, 6.07) is 2.00. The van der Waals surface area contributed by atoms with Crippen LogP contribution < -0.4 is 11.3 Å². The van der Waals surface area contributed by atoms with Crippen LogP contribution in [0.3, 0.4) is 0 Å². The quantitative estimate of drug-likeness (QED) is 0.612. The first-order valence-electron chi connectivity index (χ1n) is 5.64. The van der Waals surface area contributed by atoms with Gasteiger partial charge in [0.05, 0.1) is 12.2 Å². The Morgan fingerprint density at radius 2 is 2.18 bits per heavy atom. The third-order valence-electron chi connectivity index (χ3n) is 2.71. The summed E-state index contributed by atoms with van der Waals surface area (Å²) in [4.78, 5) is 4.18. The lowest BCUT2D eigenvalue weighted by Gasteiger charge is -2.14. The molecular formula is C12H17N5. The van der Waals surface area contributed by atoms with E-state index in [4.69, 9.17) is 5.84 Å². The van der Waals surface area contributed by atoms with Gasteiger partial charge < -0.3 is 0 Å². The molecule has 2 aromatic rings. The van der Waals surface area contributed by atoms with E-state index in [2.05, 4.69) is 28.5 Å². The Balaban J connectivity index is 2.33. The van der Waals surface area contributed by atoms with Gasteiger partial charge >= 0.3 is 0 Å². The lowest BCUT2D eigenvalue weighted by Crippen LogP contribution is -2.28. The second-order valence-corrected chi connectivity index (χ2v) is 4.02. The van der Waals surface area contributed by atoms with Crippen LogP contribution in [0.5, 0.6) is 0 Å². The molecule has 5 heteroatoms. The van der Waals surface area contributed by atoms with Crippen molar-refractivity contribution in [2.24, 2.45) is 5.84 Å². The molecule has 0 radical (unpaired) electrons. The third-order valence-corrected chi connectivity index (χ3v) is 2.71. The van der Waals surface area contributed by atoms with Crippen LogP contribution in [0.2, 0.25) is 0 Å². The molecule has 0 saturated carbocycles. The van der Waals surface area contributed by atoms with Crippen molar-refractivity contribution in [1.82, 2.24) is 20.2 Å².